The van der Waals surface area contributed by atoms with E-state index in [0.29, 0.717) is 11.3 Å². The lowest BCUT2D eigenvalue weighted by Gasteiger charge is -1.99. The molecule has 1 aliphatic heterocycles. The van der Waals surface area contributed by atoms with E-state index in [4.69, 9.17) is 4.74 Å². The molecular formula is C15H9NO4. The summed E-state index contributed by atoms with van der Waals surface area (Å²) in [5.41, 5.74) is 2.02. The fraction of sp³-hybridized carbons (Fsp3) is 0. The maximum absolute atomic E-state index is 11.7. The van der Waals surface area contributed by atoms with Crippen LogP contribution in [0.5, 0.6) is 0 Å². The zero-order valence-electron chi connectivity index (χ0n) is 10.3. The van der Waals surface area contributed by atoms with Gasteiger partial charge in [0.15, 0.2) is 0 Å². The summed E-state index contributed by atoms with van der Waals surface area (Å²) in [5, 5.41) is 10.6. The van der Waals surface area contributed by atoms with Gasteiger partial charge in [-0.15, -0.1) is 0 Å². The molecule has 5 heteroatoms. The van der Waals surface area contributed by atoms with Gasteiger partial charge in [-0.3, -0.25) is 10.1 Å². The fourth-order valence-electron chi connectivity index (χ4n) is 2.04. The van der Waals surface area contributed by atoms with E-state index in [-0.39, 0.29) is 11.7 Å². The van der Waals surface area contributed by atoms with Gasteiger partial charge in [-0.1, -0.05) is 18.2 Å². The molecule has 0 radical (unpaired) electrons. The Morgan fingerprint density at radius 3 is 2.30 bits per heavy atom. The van der Waals surface area contributed by atoms with Gasteiger partial charge in [-0.05, 0) is 29.8 Å². The number of esters is 1. The largest absolute Gasteiger partial charge is 0.422 e. The summed E-state index contributed by atoms with van der Waals surface area (Å²) in [4.78, 5) is 21.8. The molecule has 0 aliphatic carbocycles. The van der Waals surface area contributed by atoms with Gasteiger partial charge in [0, 0.05) is 17.7 Å². The van der Waals surface area contributed by atoms with Gasteiger partial charge in [0.2, 0.25) is 0 Å². The summed E-state index contributed by atoms with van der Waals surface area (Å²) in [7, 11) is 0. The molecule has 0 aromatic heterocycles. The van der Waals surface area contributed by atoms with Crippen LogP contribution in [0.2, 0.25) is 0 Å². The Bertz CT molecular complexity index is 732. The number of rotatable bonds is 2. The van der Waals surface area contributed by atoms with E-state index in [9.17, 15) is 14.9 Å². The van der Waals surface area contributed by atoms with E-state index < -0.39 is 4.92 Å². The average Bonchev–Trinajstić information content (AvgIpc) is 2.77. The van der Waals surface area contributed by atoms with E-state index in [1.807, 2.05) is 6.07 Å². The predicted molar refractivity (Wildman–Crippen MR) is 72.8 cm³/mol. The van der Waals surface area contributed by atoms with Crippen molar-refractivity contribution in [3.05, 3.63) is 75.3 Å². The lowest BCUT2D eigenvalue weighted by atomic mass is 10.1. The number of ether oxygens (including phenoxy) is 1. The first-order valence-corrected chi connectivity index (χ1v) is 5.93. The highest BCUT2D eigenvalue weighted by atomic mass is 16.6. The summed E-state index contributed by atoms with van der Waals surface area (Å²) in [5.74, 6) is 0.0771. The van der Waals surface area contributed by atoms with Crippen molar-refractivity contribution in [2.45, 2.75) is 0 Å². The lowest BCUT2D eigenvalue weighted by Crippen LogP contribution is -1.92. The van der Waals surface area contributed by atoms with Crippen molar-refractivity contribution in [2.75, 3.05) is 0 Å². The molecule has 0 bridgehead atoms. The molecule has 0 saturated carbocycles. The van der Waals surface area contributed by atoms with E-state index in [0.717, 1.165) is 11.1 Å². The smallest absolute Gasteiger partial charge is 0.344 e. The van der Waals surface area contributed by atoms with Crippen molar-refractivity contribution >= 4 is 23.5 Å². The van der Waals surface area contributed by atoms with Gasteiger partial charge in [0.1, 0.15) is 5.76 Å². The number of nitro benzene ring substituents is 1. The van der Waals surface area contributed by atoms with Crippen molar-refractivity contribution in [3.63, 3.8) is 0 Å². The summed E-state index contributed by atoms with van der Waals surface area (Å²) in [6, 6.07) is 13.1. The number of fused-ring (bicyclic) bond motifs is 1. The first kappa shape index (κ1) is 12.1. The molecule has 2 aromatic carbocycles. The lowest BCUT2D eigenvalue weighted by molar-refractivity contribution is -0.384. The Hall–Kier alpha value is -2.95. The second kappa shape index (κ2) is 4.62. The van der Waals surface area contributed by atoms with Crippen LogP contribution in [0.25, 0.3) is 11.8 Å². The first-order chi connectivity index (χ1) is 9.65. The molecule has 0 fully saturated rings. The molecule has 0 unspecified atom stereocenters. The van der Waals surface area contributed by atoms with Gasteiger partial charge in [0.25, 0.3) is 5.69 Å². The molecule has 0 atom stereocenters. The van der Waals surface area contributed by atoms with Gasteiger partial charge in [-0.25, -0.2) is 4.79 Å². The quantitative estimate of drug-likeness (QED) is 0.475. The van der Waals surface area contributed by atoms with Crippen LogP contribution in [-0.2, 0) is 4.74 Å². The van der Waals surface area contributed by atoms with Crippen molar-refractivity contribution in [1.29, 1.82) is 0 Å². The maximum Gasteiger partial charge on any atom is 0.344 e. The Labute approximate surface area is 114 Å². The minimum Gasteiger partial charge on any atom is -0.422 e. The van der Waals surface area contributed by atoms with Crippen LogP contribution < -0.4 is 0 Å². The second-order valence-corrected chi connectivity index (χ2v) is 4.29. The van der Waals surface area contributed by atoms with Crippen molar-refractivity contribution in [3.8, 4) is 0 Å². The minimum atomic E-state index is -0.457. The van der Waals surface area contributed by atoms with E-state index in [1.54, 1.807) is 36.4 Å². The zero-order chi connectivity index (χ0) is 14.1. The summed E-state index contributed by atoms with van der Waals surface area (Å²) in [6.45, 7) is 0. The number of carbonyl (C=O) groups excluding carboxylic acids is 1. The highest BCUT2D eigenvalue weighted by Crippen LogP contribution is 2.31. The Morgan fingerprint density at radius 1 is 1.00 bits per heavy atom. The Kier molecular flexibility index (Phi) is 2.80. The number of hydrogen-bond donors (Lipinski definition) is 0. The van der Waals surface area contributed by atoms with Crippen molar-refractivity contribution in [1.82, 2.24) is 0 Å². The third kappa shape index (κ3) is 2.05. The molecule has 20 heavy (non-hydrogen) atoms. The predicted octanol–water partition coefficient (Wildman–Crippen LogP) is 3.26. The molecule has 0 amide bonds. The SMILES string of the molecule is O=C1O/C(=C/c2ccc([N+](=O)[O-])cc2)c2ccccc21. The van der Waals surface area contributed by atoms with Crippen LogP contribution in [0.1, 0.15) is 21.5 Å². The zero-order valence-corrected chi connectivity index (χ0v) is 10.3. The van der Waals surface area contributed by atoms with Gasteiger partial charge >= 0.3 is 5.97 Å². The van der Waals surface area contributed by atoms with Gasteiger partial charge in [-0.2, -0.15) is 0 Å². The van der Waals surface area contributed by atoms with Crippen molar-refractivity contribution in [2.24, 2.45) is 0 Å². The number of cyclic esters (lactones) is 1. The molecule has 1 aliphatic rings. The maximum atomic E-state index is 11.7. The van der Waals surface area contributed by atoms with Crippen LogP contribution in [0, 0.1) is 10.1 Å². The molecular weight excluding hydrogens is 258 g/mol. The fourth-order valence-corrected chi connectivity index (χ4v) is 2.04. The third-order valence-electron chi connectivity index (χ3n) is 3.02. The minimum absolute atomic E-state index is 0.0240. The highest BCUT2D eigenvalue weighted by Gasteiger charge is 2.25. The molecule has 0 spiro atoms. The van der Waals surface area contributed by atoms with Crippen LogP contribution in [-0.4, -0.2) is 10.9 Å². The molecule has 5 nitrogen and oxygen atoms in total. The molecule has 0 N–H and O–H groups in total. The van der Waals surface area contributed by atoms with Gasteiger partial charge < -0.3 is 4.74 Å². The highest BCUT2D eigenvalue weighted by molar-refractivity contribution is 6.05. The number of non-ortho nitro benzene ring substituents is 1. The van der Waals surface area contributed by atoms with Crippen LogP contribution >= 0.6 is 0 Å². The van der Waals surface area contributed by atoms with Gasteiger partial charge in [0.05, 0.1) is 10.5 Å². The van der Waals surface area contributed by atoms with E-state index in [2.05, 4.69) is 0 Å². The topological polar surface area (TPSA) is 69.4 Å². The molecule has 3 rings (SSSR count). The second-order valence-electron chi connectivity index (χ2n) is 4.29. The monoisotopic (exact) mass is 267 g/mol. The summed E-state index contributed by atoms with van der Waals surface area (Å²) < 4.78 is 5.20. The molecule has 98 valence electrons. The number of benzene rings is 2. The first-order valence-electron chi connectivity index (χ1n) is 5.93. The van der Waals surface area contributed by atoms with Crippen molar-refractivity contribution < 1.29 is 14.5 Å². The number of hydrogen-bond acceptors (Lipinski definition) is 4. The Morgan fingerprint density at radius 2 is 1.65 bits per heavy atom. The number of carbonyl (C=O) groups is 1. The summed E-state index contributed by atoms with van der Waals surface area (Å²) >= 11 is 0. The van der Waals surface area contributed by atoms with Crippen LogP contribution in [0.4, 0.5) is 5.69 Å². The van der Waals surface area contributed by atoms with E-state index >= 15 is 0 Å². The normalized spacial score (nSPS) is 15.0. The molecule has 0 saturated heterocycles. The van der Waals surface area contributed by atoms with Crippen LogP contribution in [0.15, 0.2) is 48.5 Å². The standard InChI is InChI=1S/C15H9NO4/c17-15-13-4-2-1-3-12(13)14(20-15)9-10-5-7-11(8-6-10)16(18)19/h1-9H/b14-9+. The number of nitrogens with zero attached hydrogens (tertiary/aromatic N) is 1. The Balaban J connectivity index is 1.98. The van der Waals surface area contributed by atoms with E-state index in [1.165, 1.54) is 12.1 Å². The number of nitro groups is 1. The molecule has 2 aromatic rings. The average molecular weight is 267 g/mol. The molecule has 1 heterocycles. The third-order valence-corrected chi connectivity index (χ3v) is 3.02. The summed E-state index contributed by atoms with van der Waals surface area (Å²) in [6.07, 6.45) is 1.69. The van der Waals surface area contributed by atoms with Crippen LogP contribution in [0.3, 0.4) is 0 Å².